The Morgan fingerprint density at radius 3 is 2.48 bits per heavy atom. The molecule has 0 aliphatic carbocycles. The first-order chi connectivity index (χ1) is 12.1. The van der Waals surface area contributed by atoms with E-state index in [-0.39, 0.29) is 24.4 Å². The molecule has 0 aromatic heterocycles. The summed E-state index contributed by atoms with van der Waals surface area (Å²) >= 11 is 0. The van der Waals surface area contributed by atoms with E-state index in [0.29, 0.717) is 6.42 Å². The zero-order valence-corrected chi connectivity index (χ0v) is 14.4. The second-order valence-corrected chi connectivity index (χ2v) is 6.26. The average molecular weight is 337 g/mol. The Morgan fingerprint density at radius 1 is 1.12 bits per heavy atom. The van der Waals surface area contributed by atoms with E-state index in [0.717, 1.165) is 29.9 Å². The van der Waals surface area contributed by atoms with Crippen molar-refractivity contribution >= 4 is 23.2 Å². The SMILES string of the molecule is C[C@@H](NCC(=O)Nc1ccc(N2CCCC2=O)cc1)c1ccccc1. The summed E-state index contributed by atoms with van der Waals surface area (Å²) in [7, 11) is 0. The number of rotatable bonds is 6. The molecule has 5 nitrogen and oxygen atoms in total. The molecule has 130 valence electrons. The number of carbonyl (C=O) groups excluding carboxylic acids is 2. The largest absolute Gasteiger partial charge is 0.325 e. The van der Waals surface area contributed by atoms with E-state index >= 15 is 0 Å². The van der Waals surface area contributed by atoms with Crippen LogP contribution in [0.15, 0.2) is 54.6 Å². The van der Waals surface area contributed by atoms with Crippen LogP contribution in [0.2, 0.25) is 0 Å². The van der Waals surface area contributed by atoms with Gasteiger partial charge in [0, 0.05) is 30.4 Å². The first-order valence-corrected chi connectivity index (χ1v) is 8.62. The fourth-order valence-corrected chi connectivity index (χ4v) is 2.96. The molecule has 1 atom stereocenters. The van der Waals surface area contributed by atoms with Gasteiger partial charge in [0.25, 0.3) is 0 Å². The molecule has 25 heavy (non-hydrogen) atoms. The van der Waals surface area contributed by atoms with Crippen molar-refractivity contribution in [2.24, 2.45) is 0 Å². The van der Waals surface area contributed by atoms with Gasteiger partial charge in [-0.15, -0.1) is 0 Å². The topological polar surface area (TPSA) is 61.4 Å². The lowest BCUT2D eigenvalue weighted by molar-refractivity contribution is -0.117. The highest BCUT2D eigenvalue weighted by molar-refractivity contribution is 5.96. The van der Waals surface area contributed by atoms with Crippen molar-refractivity contribution in [3.8, 4) is 0 Å². The van der Waals surface area contributed by atoms with Crippen molar-refractivity contribution < 1.29 is 9.59 Å². The van der Waals surface area contributed by atoms with E-state index < -0.39 is 0 Å². The van der Waals surface area contributed by atoms with Gasteiger partial charge < -0.3 is 15.5 Å². The van der Waals surface area contributed by atoms with Crippen molar-refractivity contribution in [2.75, 3.05) is 23.3 Å². The molecule has 2 amide bonds. The zero-order chi connectivity index (χ0) is 17.6. The average Bonchev–Trinajstić information content (AvgIpc) is 3.07. The number of amides is 2. The highest BCUT2D eigenvalue weighted by Crippen LogP contribution is 2.23. The number of anilines is 2. The molecule has 0 saturated carbocycles. The number of hydrogen-bond acceptors (Lipinski definition) is 3. The molecular weight excluding hydrogens is 314 g/mol. The molecule has 1 aliphatic rings. The third-order valence-corrected chi connectivity index (χ3v) is 4.40. The Hall–Kier alpha value is -2.66. The van der Waals surface area contributed by atoms with Crippen LogP contribution in [0.5, 0.6) is 0 Å². The van der Waals surface area contributed by atoms with Crippen LogP contribution < -0.4 is 15.5 Å². The van der Waals surface area contributed by atoms with Gasteiger partial charge in [-0.3, -0.25) is 9.59 Å². The summed E-state index contributed by atoms with van der Waals surface area (Å²) in [4.78, 5) is 25.6. The monoisotopic (exact) mass is 337 g/mol. The normalized spacial score (nSPS) is 15.2. The van der Waals surface area contributed by atoms with Gasteiger partial charge >= 0.3 is 0 Å². The van der Waals surface area contributed by atoms with Gasteiger partial charge in [-0.05, 0) is 43.2 Å². The smallest absolute Gasteiger partial charge is 0.238 e. The molecule has 1 heterocycles. The number of benzene rings is 2. The van der Waals surface area contributed by atoms with E-state index in [1.807, 2.05) is 61.5 Å². The maximum Gasteiger partial charge on any atom is 0.238 e. The summed E-state index contributed by atoms with van der Waals surface area (Å²) in [5.41, 5.74) is 2.76. The van der Waals surface area contributed by atoms with E-state index in [9.17, 15) is 9.59 Å². The summed E-state index contributed by atoms with van der Waals surface area (Å²) in [6, 6.07) is 17.5. The molecule has 3 rings (SSSR count). The Morgan fingerprint density at radius 2 is 1.84 bits per heavy atom. The van der Waals surface area contributed by atoms with Gasteiger partial charge in [-0.1, -0.05) is 30.3 Å². The third kappa shape index (κ3) is 4.45. The van der Waals surface area contributed by atoms with Gasteiger partial charge in [-0.25, -0.2) is 0 Å². The van der Waals surface area contributed by atoms with E-state index in [1.54, 1.807) is 4.90 Å². The minimum absolute atomic E-state index is 0.0900. The van der Waals surface area contributed by atoms with Crippen molar-refractivity contribution in [3.63, 3.8) is 0 Å². The predicted molar refractivity (Wildman–Crippen MR) is 99.5 cm³/mol. The maximum absolute atomic E-state index is 12.1. The van der Waals surface area contributed by atoms with Gasteiger partial charge in [0.1, 0.15) is 0 Å². The fraction of sp³-hybridized carbons (Fsp3) is 0.300. The highest BCUT2D eigenvalue weighted by Gasteiger charge is 2.21. The molecule has 1 aliphatic heterocycles. The second-order valence-electron chi connectivity index (χ2n) is 6.26. The quantitative estimate of drug-likeness (QED) is 0.851. The molecule has 2 N–H and O–H groups in total. The number of nitrogens with one attached hydrogen (secondary N) is 2. The lowest BCUT2D eigenvalue weighted by Gasteiger charge is -2.16. The van der Waals surface area contributed by atoms with E-state index in [1.165, 1.54) is 0 Å². The predicted octanol–water partition coefficient (Wildman–Crippen LogP) is 3.10. The minimum Gasteiger partial charge on any atom is -0.325 e. The third-order valence-electron chi connectivity index (χ3n) is 4.40. The summed E-state index contributed by atoms with van der Waals surface area (Å²) in [5.74, 6) is 0.0728. The van der Waals surface area contributed by atoms with Crippen LogP contribution in [0.25, 0.3) is 0 Å². The van der Waals surface area contributed by atoms with Crippen LogP contribution in [-0.2, 0) is 9.59 Å². The number of carbonyl (C=O) groups is 2. The molecule has 1 fully saturated rings. The molecule has 5 heteroatoms. The summed E-state index contributed by atoms with van der Waals surface area (Å²) in [6.45, 7) is 3.04. The number of nitrogens with zero attached hydrogens (tertiary/aromatic N) is 1. The molecule has 1 saturated heterocycles. The Balaban J connectivity index is 1.50. The van der Waals surface area contributed by atoms with Gasteiger partial charge in [0.15, 0.2) is 0 Å². The van der Waals surface area contributed by atoms with Crippen LogP contribution in [0.1, 0.15) is 31.4 Å². The Bertz CT molecular complexity index is 728. The van der Waals surface area contributed by atoms with Crippen molar-refractivity contribution in [3.05, 3.63) is 60.2 Å². The van der Waals surface area contributed by atoms with Crippen LogP contribution in [-0.4, -0.2) is 24.9 Å². The first kappa shape index (κ1) is 17.2. The lowest BCUT2D eigenvalue weighted by Crippen LogP contribution is -2.30. The Labute approximate surface area is 148 Å². The van der Waals surface area contributed by atoms with E-state index in [4.69, 9.17) is 0 Å². The van der Waals surface area contributed by atoms with Crippen molar-refractivity contribution in [1.29, 1.82) is 0 Å². The van der Waals surface area contributed by atoms with Gasteiger partial charge in [0.2, 0.25) is 11.8 Å². The van der Waals surface area contributed by atoms with Gasteiger partial charge in [-0.2, -0.15) is 0 Å². The van der Waals surface area contributed by atoms with Crippen LogP contribution >= 0.6 is 0 Å². The standard InChI is InChI=1S/C20H23N3O2/c1-15(16-6-3-2-4-7-16)21-14-19(24)22-17-9-11-18(12-10-17)23-13-5-8-20(23)25/h2-4,6-7,9-12,15,21H,5,8,13-14H2,1H3,(H,22,24)/t15-/m1/s1. The minimum atomic E-state index is -0.0900. The molecule has 0 bridgehead atoms. The van der Waals surface area contributed by atoms with Crippen LogP contribution in [0.3, 0.4) is 0 Å². The fourth-order valence-electron chi connectivity index (χ4n) is 2.96. The zero-order valence-electron chi connectivity index (χ0n) is 14.4. The summed E-state index contributed by atoms with van der Waals surface area (Å²) in [6.07, 6.45) is 1.52. The van der Waals surface area contributed by atoms with E-state index in [2.05, 4.69) is 10.6 Å². The van der Waals surface area contributed by atoms with Crippen LogP contribution in [0, 0.1) is 0 Å². The maximum atomic E-state index is 12.1. The summed E-state index contributed by atoms with van der Waals surface area (Å²) in [5, 5.41) is 6.09. The lowest BCUT2D eigenvalue weighted by atomic mass is 10.1. The first-order valence-electron chi connectivity index (χ1n) is 8.62. The molecule has 0 spiro atoms. The molecule has 2 aromatic carbocycles. The second kappa shape index (κ2) is 7.94. The molecule has 0 unspecified atom stereocenters. The van der Waals surface area contributed by atoms with Gasteiger partial charge in [0.05, 0.1) is 6.54 Å². The van der Waals surface area contributed by atoms with Crippen LogP contribution in [0.4, 0.5) is 11.4 Å². The Kier molecular flexibility index (Phi) is 5.46. The van der Waals surface area contributed by atoms with Crippen molar-refractivity contribution in [1.82, 2.24) is 5.32 Å². The van der Waals surface area contributed by atoms with Crippen molar-refractivity contribution in [2.45, 2.75) is 25.8 Å². The highest BCUT2D eigenvalue weighted by atomic mass is 16.2. The molecule has 2 aromatic rings. The molecule has 0 radical (unpaired) electrons. The molecular formula is C20H23N3O2. The summed E-state index contributed by atoms with van der Waals surface area (Å²) < 4.78 is 0. The number of hydrogen-bond donors (Lipinski definition) is 2.